The van der Waals surface area contributed by atoms with E-state index < -0.39 is 0 Å². The second kappa shape index (κ2) is 9.01. The van der Waals surface area contributed by atoms with E-state index in [0.29, 0.717) is 31.3 Å². The summed E-state index contributed by atoms with van der Waals surface area (Å²) in [6, 6.07) is 16.4. The zero-order chi connectivity index (χ0) is 20.1. The van der Waals surface area contributed by atoms with Crippen molar-refractivity contribution < 1.29 is 9.21 Å². The van der Waals surface area contributed by atoms with Gasteiger partial charge in [0, 0.05) is 12.6 Å². The van der Waals surface area contributed by atoms with E-state index in [4.69, 9.17) is 9.68 Å². The summed E-state index contributed by atoms with van der Waals surface area (Å²) in [6.45, 7) is 0.767. The zero-order valence-electron chi connectivity index (χ0n) is 16.0. The molecule has 29 heavy (non-hydrogen) atoms. The summed E-state index contributed by atoms with van der Waals surface area (Å²) in [7, 11) is 0. The summed E-state index contributed by atoms with van der Waals surface area (Å²) in [4.78, 5) is 19.1. The highest BCUT2D eigenvalue weighted by molar-refractivity contribution is 7.99. The Bertz CT molecular complexity index is 988. The third-order valence-electron chi connectivity index (χ3n) is 4.84. The number of carbonyl (C=O) groups excluding carboxylic acids is 1. The van der Waals surface area contributed by atoms with E-state index >= 15 is 0 Å². The van der Waals surface area contributed by atoms with Crippen molar-refractivity contribution in [2.75, 3.05) is 12.3 Å². The molecule has 1 aromatic carbocycles. The van der Waals surface area contributed by atoms with Crippen molar-refractivity contribution in [1.82, 2.24) is 14.5 Å². The molecule has 0 atom stereocenters. The van der Waals surface area contributed by atoms with Crippen molar-refractivity contribution in [2.24, 2.45) is 0 Å². The van der Waals surface area contributed by atoms with E-state index in [9.17, 15) is 4.79 Å². The lowest BCUT2D eigenvalue weighted by molar-refractivity contribution is -0.129. The van der Waals surface area contributed by atoms with Gasteiger partial charge in [0.25, 0.3) is 0 Å². The second-order valence-corrected chi connectivity index (χ2v) is 7.93. The van der Waals surface area contributed by atoms with Gasteiger partial charge in [-0.3, -0.25) is 4.79 Å². The van der Waals surface area contributed by atoms with E-state index in [1.807, 2.05) is 30.5 Å². The van der Waals surface area contributed by atoms with E-state index in [1.165, 1.54) is 11.8 Å². The van der Waals surface area contributed by atoms with Crippen molar-refractivity contribution in [1.29, 1.82) is 5.26 Å². The summed E-state index contributed by atoms with van der Waals surface area (Å²) in [6.07, 6.45) is 6.08. The van der Waals surface area contributed by atoms with Crippen LogP contribution in [0.3, 0.4) is 0 Å². The molecule has 3 aromatic rings. The summed E-state index contributed by atoms with van der Waals surface area (Å²) in [5.74, 6) is 0.977. The first kappa shape index (κ1) is 19.3. The lowest BCUT2D eigenvalue weighted by Crippen LogP contribution is -2.32. The molecule has 0 aliphatic heterocycles. The summed E-state index contributed by atoms with van der Waals surface area (Å²) in [5, 5.41) is 9.79. The Morgan fingerprint density at radius 1 is 1.28 bits per heavy atom. The van der Waals surface area contributed by atoms with Crippen LogP contribution >= 0.6 is 11.8 Å². The average Bonchev–Trinajstić information content (AvgIpc) is 3.29. The van der Waals surface area contributed by atoms with Crippen molar-refractivity contribution >= 4 is 17.7 Å². The maximum absolute atomic E-state index is 12.8. The molecule has 0 unspecified atom stereocenters. The summed E-state index contributed by atoms with van der Waals surface area (Å²) < 4.78 is 7.63. The van der Waals surface area contributed by atoms with Gasteiger partial charge in [-0.1, -0.05) is 42.1 Å². The fourth-order valence-corrected chi connectivity index (χ4v) is 4.19. The standard InChI is InChI=1S/C22H22N4O2S/c23-11-5-12-25(15-19-8-4-13-28-19)21(27)16-29-22-24-14-20(26(22)18-9-10-18)17-6-2-1-3-7-17/h1-4,6-8,13-14,18H,5,9-10,12,15-16H2. The van der Waals surface area contributed by atoms with Crippen LogP contribution in [-0.4, -0.2) is 32.7 Å². The van der Waals surface area contributed by atoms with Crippen molar-refractivity contribution in [3.63, 3.8) is 0 Å². The molecule has 0 spiro atoms. The Balaban J connectivity index is 1.47. The fraction of sp³-hybridized carbons (Fsp3) is 0.318. The Kier molecular flexibility index (Phi) is 6.01. The molecule has 0 bridgehead atoms. The molecule has 4 rings (SSSR count). The lowest BCUT2D eigenvalue weighted by Gasteiger charge is -2.20. The Morgan fingerprint density at radius 3 is 2.79 bits per heavy atom. The summed E-state index contributed by atoms with van der Waals surface area (Å²) in [5.41, 5.74) is 2.23. The molecule has 7 heteroatoms. The van der Waals surface area contributed by atoms with Gasteiger partial charge in [0.1, 0.15) is 5.76 Å². The number of hydrogen-bond acceptors (Lipinski definition) is 5. The van der Waals surface area contributed by atoms with Crippen LogP contribution in [0.2, 0.25) is 0 Å². The zero-order valence-corrected chi connectivity index (χ0v) is 16.8. The third kappa shape index (κ3) is 4.72. The van der Waals surface area contributed by atoms with Crippen molar-refractivity contribution in [3.05, 3.63) is 60.7 Å². The average molecular weight is 407 g/mol. The number of benzene rings is 1. The van der Waals surface area contributed by atoms with Gasteiger partial charge in [0.05, 0.1) is 42.9 Å². The van der Waals surface area contributed by atoms with E-state index in [1.54, 1.807) is 17.2 Å². The number of furan rings is 1. The molecule has 0 radical (unpaired) electrons. The molecule has 0 saturated heterocycles. The van der Waals surface area contributed by atoms with Crippen LogP contribution in [0, 0.1) is 11.3 Å². The molecule has 1 fully saturated rings. The third-order valence-corrected chi connectivity index (χ3v) is 5.79. The first-order valence-corrected chi connectivity index (χ1v) is 10.7. The lowest BCUT2D eigenvalue weighted by atomic mass is 10.2. The van der Waals surface area contributed by atoms with Gasteiger partial charge in [0.15, 0.2) is 5.16 Å². The second-order valence-electron chi connectivity index (χ2n) is 6.98. The topological polar surface area (TPSA) is 75.1 Å². The predicted octanol–water partition coefficient (Wildman–Crippen LogP) is 4.51. The van der Waals surface area contributed by atoms with E-state index in [0.717, 1.165) is 29.3 Å². The maximum Gasteiger partial charge on any atom is 0.233 e. The van der Waals surface area contributed by atoms with Gasteiger partial charge in [-0.2, -0.15) is 5.26 Å². The molecule has 1 aliphatic carbocycles. The summed E-state index contributed by atoms with van der Waals surface area (Å²) >= 11 is 1.46. The van der Waals surface area contributed by atoms with Crippen LogP contribution in [-0.2, 0) is 11.3 Å². The number of carbonyl (C=O) groups is 1. The highest BCUT2D eigenvalue weighted by Crippen LogP contribution is 2.41. The monoisotopic (exact) mass is 406 g/mol. The number of amides is 1. The minimum atomic E-state index is -0.0201. The van der Waals surface area contributed by atoms with Gasteiger partial charge in [-0.25, -0.2) is 4.98 Å². The number of aromatic nitrogens is 2. The molecule has 2 aromatic heterocycles. The number of nitriles is 1. The van der Waals surface area contributed by atoms with Crippen molar-refractivity contribution in [3.8, 4) is 17.3 Å². The smallest absolute Gasteiger partial charge is 0.233 e. The van der Waals surface area contributed by atoms with Gasteiger partial charge in [0.2, 0.25) is 5.91 Å². The van der Waals surface area contributed by atoms with Gasteiger partial charge in [-0.05, 0) is 30.5 Å². The van der Waals surface area contributed by atoms with Crippen LogP contribution in [0.1, 0.15) is 31.1 Å². The van der Waals surface area contributed by atoms with Crippen molar-refractivity contribution in [2.45, 2.75) is 37.0 Å². The van der Waals surface area contributed by atoms with Crippen LogP contribution < -0.4 is 0 Å². The quantitative estimate of drug-likeness (QED) is 0.489. The SMILES string of the molecule is N#CCCN(Cc1ccco1)C(=O)CSc1ncc(-c2ccccc2)n1C1CC1. The highest BCUT2D eigenvalue weighted by Gasteiger charge is 2.29. The first-order chi connectivity index (χ1) is 14.3. The molecule has 1 saturated carbocycles. The number of imidazole rings is 1. The molecule has 2 heterocycles. The Labute approximate surface area is 174 Å². The molecular formula is C22H22N4O2S. The van der Waals surface area contributed by atoms with Gasteiger partial charge in [-0.15, -0.1) is 0 Å². The van der Waals surface area contributed by atoms with Crippen LogP contribution in [0.25, 0.3) is 11.3 Å². The maximum atomic E-state index is 12.8. The first-order valence-electron chi connectivity index (χ1n) is 9.69. The van der Waals surface area contributed by atoms with Gasteiger partial charge >= 0.3 is 0 Å². The minimum Gasteiger partial charge on any atom is -0.467 e. The number of rotatable bonds is 9. The number of hydrogen-bond donors (Lipinski definition) is 0. The van der Waals surface area contributed by atoms with Gasteiger partial charge < -0.3 is 13.9 Å². The van der Waals surface area contributed by atoms with Crippen LogP contribution in [0.5, 0.6) is 0 Å². The Morgan fingerprint density at radius 2 is 2.10 bits per heavy atom. The van der Waals surface area contributed by atoms with Crippen LogP contribution in [0.15, 0.2) is 64.5 Å². The highest BCUT2D eigenvalue weighted by atomic mass is 32.2. The normalized spacial score (nSPS) is 13.2. The minimum absolute atomic E-state index is 0.0201. The molecule has 1 aliphatic rings. The number of nitrogens with zero attached hydrogens (tertiary/aromatic N) is 4. The fourth-order valence-electron chi connectivity index (χ4n) is 3.24. The molecule has 0 N–H and O–H groups in total. The van der Waals surface area contributed by atoms with Crippen LogP contribution in [0.4, 0.5) is 0 Å². The predicted molar refractivity (Wildman–Crippen MR) is 111 cm³/mol. The van der Waals surface area contributed by atoms with E-state index in [-0.39, 0.29) is 11.7 Å². The number of thioether (sulfide) groups is 1. The Hall–Kier alpha value is -2.98. The van der Waals surface area contributed by atoms with E-state index in [2.05, 4.69) is 27.8 Å². The molecular weight excluding hydrogens is 384 g/mol. The largest absolute Gasteiger partial charge is 0.467 e. The molecule has 6 nitrogen and oxygen atoms in total. The molecule has 148 valence electrons. The molecule has 1 amide bonds.